The van der Waals surface area contributed by atoms with Crippen LogP contribution in [0, 0.1) is 0 Å². The Morgan fingerprint density at radius 1 is 0.879 bits per heavy atom. The highest BCUT2D eigenvalue weighted by molar-refractivity contribution is 8.00. The molecule has 0 spiro atoms. The Bertz CT molecular complexity index is 1100. The molecular formula is C27H29N3O2S. The third kappa shape index (κ3) is 5.83. The lowest BCUT2D eigenvalue weighted by molar-refractivity contribution is -0.116. The molecule has 3 aromatic carbocycles. The number of hydrogen-bond donors (Lipinski definition) is 0. The van der Waals surface area contributed by atoms with Crippen molar-refractivity contribution in [3.05, 3.63) is 95.6 Å². The van der Waals surface area contributed by atoms with Crippen LogP contribution in [0.2, 0.25) is 0 Å². The fourth-order valence-corrected chi connectivity index (χ4v) is 4.76. The molecule has 1 aliphatic rings. The van der Waals surface area contributed by atoms with Crippen LogP contribution in [0.1, 0.15) is 21.5 Å². The van der Waals surface area contributed by atoms with Gasteiger partial charge in [0.1, 0.15) is 0 Å². The quantitative estimate of drug-likeness (QED) is 0.497. The van der Waals surface area contributed by atoms with E-state index in [2.05, 4.69) is 11.0 Å². The molecule has 0 aromatic heterocycles. The number of benzene rings is 3. The van der Waals surface area contributed by atoms with Crippen molar-refractivity contribution in [2.75, 3.05) is 37.8 Å². The summed E-state index contributed by atoms with van der Waals surface area (Å²) in [7, 11) is 4.02. The van der Waals surface area contributed by atoms with Crippen LogP contribution in [0.25, 0.3) is 0 Å². The van der Waals surface area contributed by atoms with Gasteiger partial charge in [-0.1, -0.05) is 54.6 Å². The first-order valence-electron chi connectivity index (χ1n) is 11.1. The van der Waals surface area contributed by atoms with Gasteiger partial charge in [-0.05, 0) is 49.5 Å². The summed E-state index contributed by atoms with van der Waals surface area (Å²) in [6, 6.07) is 25.7. The van der Waals surface area contributed by atoms with Gasteiger partial charge in [-0.25, -0.2) is 0 Å². The molecule has 1 heterocycles. The van der Waals surface area contributed by atoms with Crippen LogP contribution in [-0.4, -0.2) is 54.6 Å². The molecule has 0 N–H and O–H groups in total. The zero-order valence-electron chi connectivity index (χ0n) is 19.1. The molecule has 0 unspecified atom stereocenters. The van der Waals surface area contributed by atoms with Gasteiger partial charge in [0.2, 0.25) is 5.91 Å². The van der Waals surface area contributed by atoms with Gasteiger partial charge in [0.15, 0.2) is 0 Å². The topological polar surface area (TPSA) is 43.9 Å². The van der Waals surface area contributed by atoms with E-state index in [0.717, 1.165) is 28.3 Å². The van der Waals surface area contributed by atoms with Crippen LogP contribution in [0.3, 0.4) is 0 Å². The van der Waals surface area contributed by atoms with E-state index in [4.69, 9.17) is 0 Å². The Kier molecular flexibility index (Phi) is 7.47. The molecule has 33 heavy (non-hydrogen) atoms. The number of amides is 2. The lowest BCUT2D eigenvalue weighted by atomic mass is 10.1. The van der Waals surface area contributed by atoms with E-state index in [1.54, 1.807) is 11.8 Å². The molecular weight excluding hydrogens is 430 g/mol. The second kappa shape index (κ2) is 10.7. The molecule has 0 atom stereocenters. The van der Waals surface area contributed by atoms with E-state index in [9.17, 15) is 9.59 Å². The van der Waals surface area contributed by atoms with Crippen LogP contribution in [0.5, 0.6) is 0 Å². The van der Waals surface area contributed by atoms with Crippen molar-refractivity contribution in [1.82, 2.24) is 9.80 Å². The highest BCUT2D eigenvalue weighted by atomic mass is 32.2. The molecule has 0 bridgehead atoms. The summed E-state index contributed by atoms with van der Waals surface area (Å²) in [6.07, 6.45) is 0. The summed E-state index contributed by atoms with van der Waals surface area (Å²) < 4.78 is 0. The van der Waals surface area contributed by atoms with Crippen LogP contribution in [0.15, 0.2) is 83.8 Å². The fourth-order valence-electron chi connectivity index (χ4n) is 3.82. The van der Waals surface area contributed by atoms with Crippen molar-refractivity contribution in [3.63, 3.8) is 0 Å². The second-order valence-corrected chi connectivity index (χ2v) is 9.47. The standard InChI is InChI=1S/C27H29N3O2S/c1-28(2)16-17-29(18-21-8-4-3-5-9-21)27(32)23-14-12-22(13-15-23)19-30-24-10-6-7-11-25(24)33-20-26(30)31/h3-15H,16-20H2,1-2H3. The molecule has 0 aliphatic carbocycles. The minimum Gasteiger partial charge on any atom is -0.333 e. The maximum Gasteiger partial charge on any atom is 0.254 e. The summed E-state index contributed by atoms with van der Waals surface area (Å²) in [5, 5.41) is 0. The minimum atomic E-state index is 0.0167. The average molecular weight is 460 g/mol. The SMILES string of the molecule is CN(C)CCN(Cc1ccccc1)C(=O)c1ccc(CN2C(=O)CSc3ccccc32)cc1. The van der Waals surface area contributed by atoms with E-state index < -0.39 is 0 Å². The number of hydrogen-bond acceptors (Lipinski definition) is 4. The lowest BCUT2D eigenvalue weighted by Gasteiger charge is -2.29. The number of nitrogens with zero attached hydrogens (tertiary/aromatic N) is 3. The van der Waals surface area contributed by atoms with Crippen LogP contribution in [-0.2, 0) is 17.9 Å². The molecule has 0 fully saturated rings. The maximum absolute atomic E-state index is 13.3. The predicted molar refractivity (Wildman–Crippen MR) is 135 cm³/mol. The van der Waals surface area contributed by atoms with Crippen molar-refractivity contribution in [2.45, 2.75) is 18.0 Å². The Morgan fingerprint density at radius 3 is 2.30 bits per heavy atom. The number of thioether (sulfide) groups is 1. The van der Waals surface area contributed by atoms with E-state index in [0.29, 0.717) is 31.0 Å². The first-order valence-corrected chi connectivity index (χ1v) is 12.1. The predicted octanol–water partition coefficient (Wildman–Crippen LogP) is 4.53. The number of fused-ring (bicyclic) bond motifs is 1. The molecule has 3 aromatic rings. The number of anilines is 1. The number of para-hydroxylation sites is 1. The van der Waals surface area contributed by atoms with Crippen molar-refractivity contribution >= 4 is 29.3 Å². The van der Waals surface area contributed by atoms with E-state index >= 15 is 0 Å². The van der Waals surface area contributed by atoms with E-state index in [1.807, 2.05) is 96.7 Å². The Morgan fingerprint density at radius 2 is 1.58 bits per heavy atom. The molecule has 6 heteroatoms. The molecule has 5 nitrogen and oxygen atoms in total. The summed E-state index contributed by atoms with van der Waals surface area (Å²) in [6.45, 7) is 2.52. The monoisotopic (exact) mass is 459 g/mol. The van der Waals surface area contributed by atoms with Crippen molar-refractivity contribution in [1.29, 1.82) is 0 Å². The number of carbonyl (C=O) groups excluding carboxylic acids is 2. The van der Waals surface area contributed by atoms with Gasteiger partial charge >= 0.3 is 0 Å². The molecule has 0 saturated carbocycles. The summed E-state index contributed by atoms with van der Waals surface area (Å²) in [4.78, 5) is 32.8. The maximum atomic E-state index is 13.3. The molecule has 1 aliphatic heterocycles. The Balaban J connectivity index is 1.49. The Hall–Kier alpha value is -3.09. The van der Waals surface area contributed by atoms with Gasteiger partial charge < -0.3 is 14.7 Å². The van der Waals surface area contributed by atoms with E-state index in [1.165, 1.54) is 0 Å². The summed E-state index contributed by atoms with van der Waals surface area (Å²) in [5.41, 5.74) is 3.73. The van der Waals surface area contributed by atoms with Gasteiger partial charge in [-0.2, -0.15) is 0 Å². The smallest absolute Gasteiger partial charge is 0.254 e. The summed E-state index contributed by atoms with van der Waals surface area (Å²) in [5.74, 6) is 0.577. The lowest BCUT2D eigenvalue weighted by Crippen LogP contribution is -2.36. The number of carbonyl (C=O) groups is 2. The van der Waals surface area contributed by atoms with Crippen molar-refractivity contribution in [3.8, 4) is 0 Å². The second-order valence-electron chi connectivity index (χ2n) is 8.45. The van der Waals surface area contributed by atoms with Gasteiger partial charge in [-0.15, -0.1) is 11.8 Å². The van der Waals surface area contributed by atoms with Gasteiger partial charge in [-0.3, -0.25) is 9.59 Å². The molecule has 4 rings (SSSR count). The van der Waals surface area contributed by atoms with Crippen LogP contribution >= 0.6 is 11.8 Å². The minimum absolute atomic E-state index is 0.0167. The third-order valence-corrected chi connectivity index (χ3v) is 6.72. The summed E-state index contributed by atoms with van der Waals surface area (Å²) >= 11 is 1.58. The Labute approximate surface area is 200 Å². The third-order valence-electron chi connectivity index (χ3n) is 5.67. The van der Waals surface area contributed by atoms with Crippen LogP contribution in [0.4, 0.5) is 5.69 Å². The van der Waals surface area contributed by atoms with Crippen molar-refractivity contribution < 1.29 is 9.59 Å². The molecule has 0 saturated heterocycles. The van der Waals surface area contributed by atoms with Gasteiger partial charge in [0.05, 0.1) is 18.0 Å². The fraction of sp³-hybridized carbons (Fsp3) is 0.259. The molecule has 170 valence electrons. The highest BCUT2D eigenvalue weighted by Gasteiger charge is 2.24. The molecule has 0 radical (unpaired) electrons. The largest absolute Gasteiger partial charge is 0.333 e. The van der Waals surface area contributed by atoms with Gasteiger partial charge in [0, 0.05) is 30.1 Å². The van der Waals surface area contributed by atoms with Crippen molar-refractivity contribution in [2.24, 2.45) is 0 Å². The highest BCUT2D eigenvalue weighted by Crippen LogP contribution is 2.35. The van der Waals surface area contributed by atoms with E-state index in [-0.39, 0.29) is 11.8 Å². The number of likely N-dealkylation sites (N-methyl/N-ethyl adjacent to an activating group) is 1. The first-order chi connectivity index (χ1) is 16.0. The zero-order valence-corrected chi connectivity index (χ0v) is 19.9. The molecule has 2 amide bonds. The van der Waals surface area contributed by atoms with Crippen LogP contribution < -0.4 is 4.90 Å². The average Bonchev–Trinajstić information content (AvgIpc) is 2.84. The normalized spacial score (nSPS) is 13.2. The number of rotatable bonds is 8. The van der Waals surface area contributed by atoms with Gasteiger partial charge in [0.25, 0.3) is 5.91 Å². The first kappa shape index (κ1) is 23.1. The zero-order chi connectivity index (χ0) is 23.2.